The van der Waals surface area contributed by atoms with E-state index in [4.69, 9.17) is 10.6 Å². The molecule has 1 rings (SSSR count). The van der Waals surface area contributed by atoms with Gasteiger partial charge in [-0.25, -0.2) is 15.8 Å². The molecule has 0 aliphatic rings. The third kappa shape index (κ3) is 5.52. The first-order valence-corrected chi connectivity index (χ1v) is 6.43. The van der Waals surface area contributed by atoms with Crippen LogP contribution in [0, 0.1) is 0 Å². The monoisotopic (exact) mass is 267 g/mol. The topological polar surface area (TPSA) is 102 Å². The molecule has 0 atom stereocenters. The zero-order valence-corrected chi connectivity index (χ0v) is 11.4. The van der Waals surface area contributed by atoms with Crippen LogP contribution in [0.4, 0.5) is 11.6 Å². The molecule has 0 aliphatic carbocycles. The van der Waals surface area contributed by atoms with Crippen molar-refractivity contribution in [2.24, 2.45) is 5.84 Å². The highest BCUT2D eigenvalue weighted by Gasteiger charge is 2.04. The fraction of sp³-hybridized carbons (Fsp3) is 0.583. The molecule has 7 nitrogen and oxygen atoms in total. The lowest BCUT2D eigenvalue weighted by molar-refractivity contribution is -0.143. The minimum absolute atomic E-state index is 0.175. The number of hydrogen-bond acceptors (Lipinski definition) is 7. The minimum atomic E-state index is -0.175. The van der Waals surface area contributed by atoms with Crippen molar-refractivity contribution in [3.8, 4) is 0 Å². The molecule has 0 spiro atoms. The van der Waals surface area contributed by atoms with E-state index in [9.17, 15) is 4.79 Å². The molecule has 19 heavy (non-hydrogen) atoms. The van der Waals surface area contributed by atoms with Crippen molar-refractivity contribution < 1.29 is 9.53 Å². The predicted octanol–water partition coefficient (Wildman–Crippen LogP) is 1.08. The Labute approximate surface area is 112 Å². The molecule has 0 aromatic carbocycles. The van der Waals surface area contributed by atoms with Crippen molar-refractivity contribution in [3.05, 3.63) is 11.9 Å². The van der Waals surface area contributed by atoms with Crippen LogP contribution >= 0.6 is 0 Å². The van der Waals surface area contributed by atoms with Gasteiger partial charge in [0.05, 0.1) is 6.61 Å². The van der Waals surface area contributed by atoms with Crippen LogP contribution in [0.1, 0.15) is 32.5 Å². The first kappa shape index (κ1) is 15.2. The first-order valence-electron chi connectivity index (χ1n) is 6.43. The van der Waals surface area contributed by atoms with E-state index in [0.29, 0.717) is 43.5 Å². The van der Waals surface area contributed by atoms with E-state index in [0.717, 1.165) is 6.42 Å². The quantitative estimate of drug-likeness (QED) is 0.280. The molecule has 0 aliphatic heterocycles. The van der Waals surface area contributed by atoms with Gasteiger partial charge in [0, 0.05) is 25.5 Å². The van der Waals surface area contributed by atoms with Crippen molar-refractivity contribution in [1.82, 2.24) is 9.97 Å². The molecule has 0 saturated carbocycles. The van der Waals surface area contributed by atoms with Crippen molar-refractivity contribution >= 4 is 17.6 Å². The second-order valence-electron chi connectivity index (χ2n) is 3.89. The van der Waals surface area contributed by atoms with Crippen LogP contribution in [0.2, 0.25) is 0 Å². The van der Waals surface area contributed by atoms with Gasteiger partial charge in [0.15, 0.2) is 0 Å². The van der Waals surface area contributed by atoms with Gasteiger partial charge in [0.2, 0.25) is 0 Å². The number of hydrazine groups is 1. The summed E-state index contributed by atoms with van der Waals surface area (Å²) < 4.78 is 4.85. The Morgan fingerprint density at radius 3 is 2.74 bits per heavy atom. The number of nitrogens with one attached hydrogen (secondary N) is 2. The number of ether oxygens (including phenoxy) is 1. The van der Waals surface area contributed by atoms with Gasteiger partial charge in [-0.05, 0) is 13.3 Å². The van der Waals surface area contributed by atoms with Crippen LogP contribution < -0.4 is 16.6 Å². The molecule has 106 valence electrons. The van der Waals surface area contributed by atoms with Gasteiger partial charge in [-0.2, -0.15) is 0 Å². The molecular weight excluding hydrogens is 246 g/mol. The molecule has 0 bridgehead atoms. The normalized spacial score (nSPS) is 10.1. The molecule has 1 aromatic rings. The lowest BCUT2D eigenvalue weighted by Crippen LogP contribution is -2.13. The van der Waals surface area contributed by atoms with E-state index in [1.165, 1.54) is 0 Å². The Bertz CT molecular complexity index is 389. The van der Waals surface area contributed by atoms with Gasteiger partial charge < -0.3 is 15.5 Å². The van der Waals surface area contributed by atoms with Crippen molar-refractivity contribution in [2.75, 3.05) is 23.9 Å². The fourth-order valence-corrected chi connectivity index (χ4v) is 1.50. The van der Waals surface area contributed by atoms with Gasteiger partial charge >= 0.3 is 5.97 Å². The smallest absolute Gasteiger partial charge is 0.305 e. The molecule has 1 heterocycles. The summed E-state index contributed by atoms with van der Waals surface area (Å²) in [6.45, 7) is 4.83. The van der Waals surface area contributed by atoms with Crippen LogP contribution in [-0.4, -0.2) is 29.1 Å². The molecule has 7 heteroatoms. The van der Waals surface area contributed by atoms with E-state index in [1.807, 2.05) is 6.92 Å². The number of carbonyl (C=O) groups excluding carboxylic acids is 1. The summed E-state index contributed by atoms with van der Waals surface area (Å²) in [7, 11) is 0. The van der Waals surface area contributed by atoms with Gasteiger partial charge in [-0.3, -0.25) is 4.79 Å². The Hall–Kier alpha value is -1.89. The van der Waals surface area contributed by atoms with E-state index in [2.05, 4.69) is 20.7 Å². The largest absolute Gasteiger partial charge is 0.466 e. The average Bonchev–Trinajstić information content (AvgIpc) is 2.43. The molecule has 1 aromatic heterocycles. The van der Waals surface area contributed by atoms with E-state index >= 15 is 0 Å². The highest BCUT2D eigenvalue weighted by atomic mass is 16.5. The van der Waals surface area contributed by atoms with E-state index in [1.54, 1.807) is 13.0 Å². The van der Waals surface area contributed by atoms with Crippen molar-refractivity contribution in [1.29, 1.82) is 0 Å². The number of aryl methyl sites for hydroxylation is 1. The summed E-state index contributed by atoms with van der Waals surface area (Å²) in [6, 6.07) is 1.73. The molecular formula is C12H21N5O2. The van der Waals surface area contributed by atoms with Crippen LogP contribution in [0.3, 0.4) is 0 Å². The van der Waals surface area contributed by atoms with Crippen LogP contribution in [0.15, 0.2) is 6.07 Å². The summed E-state index contributed by atoms with van der Waals surface area (Å²) in [6.07, 6.45) is 1.82. The van der Waals surface area contributed by atoms with Crippen LogP contribution in [-0.2, 0) is 16.0 Å². The number of aromatic nitrogens is 2. The minimum Gasteiger partial charge on any atom is -0.466 e. The molecule has 4 N–H and O–H groups in total. The number of esters is 1. The number of carbonyl (C=O) groups is 1. The lowest BCUT2D eigenvalue weighted by Gasteiger charge is -2.08. The predicted molar refractivity (Wildman–Crippen MR) is 73.6 cm³/mol. The van der Waals surface area contributed by atoms with E-state index in [-0.39, 0.29) is 5.97 Å². The lowest BCUT2D eigenvalue weighted by atomic mass is 10.3. The van der Waals surface area contributed by atoms with Crippen LogP contribution in [0.5, 0.6) is 0 Å². The fourth-order valence-electron chi connectivity index (χ4n) is 1.50. The number of nitrogens with two attached hydrogens (primary N) is 1. The van der Waals surface area contributed by atoms with Crippen molar-refractivity contribution in [3.63, 3.8) is 0 Å². The SMILES string of the molecule is CCOC(=O)CCCNc1cc(NN)nc(CC)n1. The maximum absolute atomic E-state index is 11.2. The van der Waals surface area contributed by atoms with Gasteiger partial charge in [0.25, 0.3) is 0 Å². The summed E-state index contributed by atoms with van der Waals surface area (Å²) in [4.78, 5) is 19.7. The Kier molecular flexibility index (Phi) is 6.59. The number of anilines is 2. The summed E-state index contributed by atoms with van der Waals surface area (Å²) in [5.74, 6) is 7.14. The van der Waals surface area contributed by atoms with Gasteiger partial charge in [0.1, 0.15) is 17.5 Å². The molecule has 0 radical (unpaired) electrons. The maximum Gasteiger partial charge on any atom is 0.305 e. The highest BCUT2D eigenvalue weighted by molar-refractivity contribution is 5.69. The highest BCUT2D eigenvalue weighted by Crippen LogP contribution is 2.10. The number of nitrogen functional groups attached to an aromatic ring is 1. The van der Waals surface area contributed by atoms with Crippen LogP contribution in [0.25, 0.3) is 0 Å². The number of hydrogen-bond donors (Lipinski definition) is 3. The maximum atomic E-state index is 11.2. The number of rotatable bonds is 8. The molecule has 0 fully saturated rings. The standard InChI is InChI=1S/C12H21N5O2/c1-3-9-15-10(8-11(16-9)17-13)14-7-5-6-12(18)19-4-2/h8H,3-7,13H2,1-2H3,(H2,14,15,16,17). The zero-order chi connectivity index (χ0) is 14.1. The zero-order valence-electron chi connectivity index (χ0n) is 11.4. The molecule has 0 unspecified atom stereocenters. The Balaban J connectivity index is 2.42. The van der Waals surface area contributed by atoms with Gasteiger partial charge in [-0.15, -0.1) is 0 Å². The Morgan fingerprint density at radius 2 is 2.11 bits per heavy atom. The second-order valence-corrected chi connectivity index (χ2v) is 3.89. The first-order chi connectivity index (χ1) is 9.19. The number of nitrogens with zero attached hydrogens (tertiary/aromatic N) is 2. The summed E-state index contributed by atoms with van der Waals surface area (Å²) in [5, 5.41) is 3.14. The van der Waals surface area contributed by atoms with Crippen molar-refractivity contribution in [2.45, 2.75) is 33.1 Å². The third-order valence-electron chi connectivity index (χ3n) is 2.41. The average molecular weight is 267 g/mol. The third-order valence-corrected chi connectivity index (χ3v) is 2.41. The van der Waals surface area contributed by atoms with E-state index < -0.39 is 0 Å². The molecule has 0 saturated heterocycles. The molecule has 0 amide bonds. The second kappa shape index (κ2) is 8.25. The Morgan fingerprint density at radius 1 is 1.37 bits per heavy atom. The summed E-state index contributed by atoms with van der Waals surface area (Å²) in [5.41, 5.74) is 2.50. The summed E-state index contributed by atoms with van der Waals surface area (Å²) >= 11 is 0. The van der Waals surface area contributed by atoms with Gasteiger partial charge in [-0.1, -0.05) is 6.92 Å².